The minimum atomic E-state index is -0.534. The van der Waals surface area contributed by atoms with Gasteiger partial charge in [0.1, 0.15) is 11.3 Å². The van der Waals surface area contributed by atoms with Gasteiger partial charge in [-0.1, -0.05) is 30.3 Å². The number of carbonyl (C=O) groups excluding carboxylic acids is 2. The first-order valence-corrected chi connectivity index (χ1v) is 10.9. The Hall–Kier alpha value is -3.73. The van der Waals surface area contributed by atoms with E-state index in [1.807, 2.05) is 35.2 Å². The number of fused-ring (bicyclic) bond motifs is 1. The largest absolute Gasteiger partial charge is 0.351 e. The summed E-state index contributed by atoms with van der Waals surface area (Å²) in [6, 6.07) is 9.75. The first-order valence-electron chi connectivity index (χ1n) is 10.9. The molecule has 1 fully saturated rings. The van der Waals surface area contributed by atoms with Crippen molar-refractivity contribution in [2.45, 2.75) is 19.4 Å². The molecule has 3 aromatic rings. The summed E-state index contributed by atoms with van der Waals surface area (Å²) in [5.74, 6) is 0.443. The summed E-state index contributed by atoms with van der Waals surface area (Å²) in [6.45, 7) is 3.18. The van der Waals surface area contributed by atoms with Crippen molar-refractivity contribution in [1.82, 2.24) is 34.6 Å². The maximum Gasteiger partial charge on any atom is 0.329 e. The number of carbonyl (C=O) groups is 2. The van der Waals surface area contributed by atoms with E-state index < -0.39 is 11.2 Å². The van der Waals surface area contributed by atoms with Crippen LogP contribution in [0.3, 0.4) is 0 Å². The molecule has 3 heterocycles. The highest BCUT2D eigenvalue weighted by Gasteiger charge is 2.22. The van der Waals surface area contributed by atoms with Gasteiger partial charge >= 0.3 is 5.69 Å². The van der Waals surface area contributed by atoms with Crippen molar-refractivity contribution >= 4 is 23.0 Å². The molecule has 3 N–H and O–H groups in total. The first-order chi connectivity index (χ1) is 15.9. The molecule has 2 aromatic heterocycles. The van der Waals surface area contributed by atoms with E-state index in [1.54, 1.807) is 4.90 Å². The maximum absolute atomic E-state index is 12.6. The summed E-state index contributed by atoms with van der Waals surface area (Å²) in [5.41, 5.74) is 0.483. The molecule has 4 rings (SSSR count). The average Bonchev–Trinajstić information content (AvgIpc) is 3.26. The highest BCUT2D eigenvalue weighted by Crippen LogP contribution is 2.09. The van der Waals surface area contributed by atoms with Crippen molar-refractivity contribution in [1.29, 1.82) is 0 Å². The molecule has 0 aliphatic carbocycles. The van der Waals surface area contributed by atoms with Crippen LogP contribution in [0.5, 0.6) is 0 Å². The molecule has 1 aromatic carbocycles. The number of piperazine rings is 1. The summed E-state index contributed by atoms with van der Waals surface area (Å²) in [4.78, 5) is 61.7. The molecule has 11 heteroatoms. The van der Waals surface area contributed by atoms with Gasteiger partial charge in [-0.15, -0.1) is 0 Å². The Balaban J connectivity index is 1.22. The molecule has 0 spiro atoms. The van der Waals surface area contributed by atoms with Gasteiger partial charge in [-0.3, -0.25) is 28.8 Å². The van der Waals surface area contributed by atoms with E-state index >= 15 is 0 Å². The second-order valence-corrected chi connectivity index (χ2v) is 8.12. The quantitative estimate of drug-likeness (QED) is 0.435. The molecule has 0 bridgehead atoms. The molecule has 1 aliphatic heterocycles. The van der Waals surface area contributed by atoms with E-state index in [0.29, 0.717) is 51.5 Å². The Labute approximate surface area is 189 Å². The molecule has 0 radical (unpaired) electrons. The van der Waals surface area contributed by atoms with E-state index in [4.69, 9.17) is 0 Å². The fourth-order valence-corrected chi connectivity index (χ4v) is 3.87. The number of aromatic nitrogens is 4. The van der Waals surface area contributed by atoms with Crippen molar-refractivity contribution in [3.05, 3.63) is 62.6 Å². The molecule has 1 aliphatic rings. The minimum Gasteiger partial charge on any atom is -0.351 e. The lowest BCUT2D eigenvalue weighted by atomic mass is 10.2. The van der Waals surface area contributed by atoms with Crippen molar-refractivity contribution in [2.75, 3.05) is 32.7 Å². The van der Waals surface area contributed by atoms with Crippen LogP contribution < -0.4 is 16.6 Å². The number of hydrogen-bond acceptors (Lipinski definition) is 6. The maximum atomic E-state index is 12.6. The number of H-pyrrole nitrogens is 2. The normalized spacial score (nSPS) is 14.5. The van der Waals surface area contributed by atoms with Crippen LogP contribution in [0, 0.1) is 0 Å². The molecule has 2 amide bonds. The predicted octanol–water partition coefficient (Wildman–Crippen LogP) is -0.657. The summed E-state index contributed by atoms with van der Waals surface area (Å²) in [7, 11) is 1.53. The number of imidazole rings is 1. The van der Waals surface area contributed by atoms with Crippen LogP contribution in [0.1, 0.15) is 17.8 Å². The van der Waals surface area contributed by atoms with Crippen molar-refractivity contribution < 1.29 is 9.59 Å². The van der Waals surface area contributed by atoms with E-state index in [0.717, 1.165) is 5.56 Å². The monoisotopic (exact) mass is 453 g/mol. The van der Waals surface area contributed by atoms with E-state index in [9.17, 15) is 19.2 Å². The smallest absolute Gasteiger partial charge is 0.329 e. The van der Waals surface area contributed by atoms with Crippen molar-refractivity contribution in [3.8, 4) is 0 Å². The number of rotatable bonds is 7. The fraction of sp³-hybridized carbons (Fsp3) is 0.409. The Morgan fingerprint density at radius 1 is 1.06 bits per heavy atom. The number of amides is 2. The SMILES string of the molecule is Cn1c(=O)[nH]c(=O)c2[nH]c(CCC(=O)N3CCN(CC(=O)NCc4ccccc4)CC3)nc21. The van der Waals surface area contributed by atoms with Crippen LogP contribution >= 0.6 is 0 Å². The zero-order valence-corrected chi connectivity index (χ0v) is 18.5. The van der Waals surface area contributed by atoms with Gasteiger partial charge in [0.05, 0.1) is 6.54 Å². The molecule has 11 nitrogen and oxygen atoms in total. The lowest BCUT2D eigenvalue weighted by molar-refractivity contribution is -0.133. The van der Waals surface area contributed by atoms with E-state index in [2.05, 4.69) is 20.3 Å². The standard InChI is InChI=1S/C22H27N7O4/c1-27-20-19(21(32)26-22(27)33)24-16(25-20)7-8-18(31)29-11-9-28(10-12-29)14-17(30)23-13-15-5-3-2-4-6-15/h2-6H,7-14H2,1H3,(H,23,30)(H,24,25)(H,26,32,33). The molecular formula is C22H27N7O4. The highest BCUT2D eigenvalue weighted by molar-refractivity contribution is 5.78. The summed E-state index contributed by atoms with van der Waals surface area (Å²) >= 11 is 0. The van der Waals surface area contributed by atoms with E-state index in [1.165, 1.54) is 11.6 Å². The summed E-state index contributed by atoms with van der Waals surface area (Å²) < 4.78 is 1.26. The molecular weight excluding hydrogens is 426 g/mol. The molecule has 33 heavy (non-hydrogen) atoms. The number of aryl methyl sites for hydroxylation is 2. The number of nitrogens with one attached hydrogen (secondary N) is 3. The molecule has 1 saturated heterocycles. The van der Waals surface area contributed by atoms with Crippen LogP contribution in [-0.2, 0) is 29.6 Å². The van der Waals surface area contributed by atoms with Crippen LogP contribution in [0.2, 0.25) is 0 Å². The van der Waals surface area contributed by atoms with Gasteiger partial charge in [0.25, 0.3) is 5.56 Å². The molecule has 0 saturated carbocycles. The molecule has 174 valence electrons. The Kier molecular flexibility index (Phi) is 6.68. The topological polar surface area (TPSA) is 136 Å². The van der Waals surface area contributed by atoms with Gasteiger partial charge in [-0.25, -0.2) is 9.78 Å². The van der Waals surface area contributed by atoms with Crippen LogP contribution in [0.25, 0.3) is 11.2 Å². The Morgan fingerprint density at radius 3 is 2.52 bits per heavy atom. The van der Waals surface area contributed by atoms with Crippen molar-refractivity contribution in [3.63, 3.8) is 0 Å². The third-order valence-corrected chi connectivity index (χ3v) is 5.80. The Bertz CT molecular complexity index is 1250. The third kappa shape index (κ3) is 5.37. The second-order valence-electron chi connectivity index (χ2n) is 8.12. The second kappa shape index (κ2) is 9.82. The van der Waals surface area contributed by atoms with Crippen LogP contribution in [-0.4, -0.2) is 73.9 Å². The zero-order chi connectivity index (χ0) is 23.4. The number of hydrogen-bond donors (Lipinski definition) is 3. The predicted molar refractivity (Wildman–Crippen MR) is 122 cm³/mol. The number of nitrogens with zero attached hydrogens (tertiary/aromatic N) is 4. The average molecular weight is 454 g/mol. The first kappa shape index (κ1) is 22.5. The number of aromatic amines is 2. The Morgan fingerprint density at radius 2 is 1.79 bits per heavy atom. The van der Waals surface area contributed by atoms with Crippen LogP contribution in [0.4, 0.5) is 0 Å². The van der Waals surface area contributed by atoms with Gasteiger partial charge in [0.15, 0.2) is 5.65 Å². The lowest BCUT2D eigenvalue weighted by Crippen LogP contribution is -2.51. The zero-order valence-electron chi connectivity index (χ0n) is 18.5. The van der Waals surface area contributed by atoms with Crippen LogP contribution in [0.15, 0.2) is 39.9 Å². The van der Waals surface area contributed by atoms with Gasteiger partial charge < -0.3 is 15.2 Å². The van der Waals surface area contributed by atoms with Gasteiger partial charge in [-0.05, 0) is 5.56 Å². The number of benzene rings is 1. The van der Waals surface area contributed by atoms with Gasteiger partial charge in [0, 0.05) is 52.6 Å². The summed E-state index contributed by atoms with van der Waals surface area (Å²) in [6.07, 6.45) is 0.576. The molecule has 0 atom stereocenters. The minimum absolute atomic E-state index is 0.00793. The third-order valence-electron chi connectivity index (χ3n) is 5.80. The van der Waals surface area contributed by atoms with Gasteiger partial charge in [0.2, 0.25) is 11.8 Å². The van der Waals surface area contributed by atoms with Crippen molar-refractivity contribution in [2.24, 2.45) is 7.05 Å². The lowest BCUT2D eigenvalue weighted by Gasteiger charge is -2.34. The fourth-order valence-electron chi connectivity index (χ4n) is 3.87. The van der Waals surface area contributed by atoms with Gasteiger partial charge in [-0.2, -0.15) is 0 Å². The van der Waals surface area contributed by atoms with E-state index in [-0.39, 0.29) is 29.4 Å². The summed E-state index contributed by atoms with van der Waals surface area (Å²) in [5, 5.41) is 2.92. The molecule has 0 unspecified atom stereocenters. The highest BCUT2D eigenvalue weighted by atomic mass is 16.2.